The molecule has 1 aliphatic rings. The topological polar surface area (TPSA) is 29.5 Å². The van der Waals surface area contributed by atoms with Crippen LogP contribution in [0.2, 0.25) is 10.0 Å². The highest BCUT2D eigenvalue weighted by molar-refractivity contribution is 6.34. The van der Waals surface area contributed by atoms with Crippen LogP contribution in [0.25, 0.3) is 0 Å². The van der Waals surface area contributed by atoms with Gasteiger partial charge in [0, 0.05) is 10.0 Å². The monoisotopic (exact) mass is 246 g/mol. The van der Waals surface area contributed by atoms with Crippen molar-refractivity contribution in [1.82, 2.24) is 0 Å². The van der Waals surface area contributed by atoms with Gasteiger partial charge < -0.3 is 9.84 Å². The first-order valence-corrected chi connectivity index (χ1v) is 5.71. The first kappa shape index (κ1) is 11.1. The van der Waals surface area contributed by atoms with Gasteiger partial charge in [-0.2, -0.15) is 0 Å². The predicted octanol–water partition coefficient (Wildman–Crippen LogP) is 3.29. The zero-order valence-electron chi connectivity index (χ0n) is 8.12. The van der Waals surface area contributed by atoms with Crippen molar-refractivity contribution < 1.29 is 9.84 Å². The van der Waals surface area contributed by atoms with Gasteiger partial charge in [0.15, 0.2) is 0 Å². The molecular formula is C11H12Cl2O2. The highest BCUT2D eigenvalue weighted by Gasteiger charge is 2.26. The average Bonchev–Trinajstić information content (AvgIpc) is 2.50. The first-order valence-electron chi connectivity index (χ1n) is 4.96. The Labute approximate surface area is 98.8 Å². The Morgan fingerprint density at radius 2 is 1.80 bits per heavy atom. The lowest BCUT2D eigenvalue weighted by Gasteiger charge is -2.17. The largest absolute Gasteiger partial charge is 0.488 e. The lowest BCUT2D eigenvalue weighted by Crippen LogP contribution is -2.25. The fraction of sp³-hybridized carbons (Fsp3) is 0.455. The van der Waals surface area contributed by atoms with E-state index >= 15 is 0 Å². The van der Waals surface area contributed by atoms with Gasteiger partial charge in [-0.1, -0.05) is 23.2 Å². The summed E-state index contributed by atoms with van der Waals surface area (Å²) >= 11 is 11.7. The molecule has 1 aliphatic carbocycles. The third kappa shape index (κ3) is 2.77. The summed E-state index contributed by atoms with van der Waals surface area (Å²) in [6.07, 6.45) is 2.19. The number of halogens is 2. The molecule has 0 saturated heterocycles. The highest BCUT2D eigenvalue weighted by Crippen LogP contribution is 2.28. The summed E-state index contributed by atoms with van der Waals surface area (Å²) in [7, 11) is 0. The number of aliphatic hydroxyl groups excluding tert-OH is 1. The van der Waals surface area contributed by atoms with E-state index in [0.29, 0.717) is 15.8 Å². The number of hydrogen-bond acceptors (Lipinski definition) is 2. The zero-order chi connectivity index (χ0) is 10.8. The van der Waals surface area contributed by atoms with Crippen LogP contribution in [-0.2, 0) is 0 Å². The van der Waals surface area contributed by atoms with Gasteiger partial charge in [0.05, 0.1) is 6.10 Å². The number of hydrogen-bond donors (Lipinski definition) is 1. The summed E-state index contributed by atoms with van der Waals surface area (Å²) in [4.78, 5) is 0. The van der Waals surface area contributed by atoms with Gasteiger partial charge in [0.2, 0.25) is 0 Å². The molecule has 1 aromatic carbocycles. The Bertz CT molecular complexity index is 334. The van der Waals surface area contributed by atoms with E-state index in [9.17, 15) is 5.11 Å². The summed E-state index contributed by atoms with van der Waals surface area (Å²) in [5, 5.41) is 10.7. The van der Waals surface area contributed by atoms with E-state index in [0.717, 1.165) is 19.3 Å². The van der Waals surface area contributed by atoms with Crippen molar-refractivity contribution in [1.29, 1.82) is 0 Å². The molecule has 0 heterocycles. The minimum absolute atomic E-state index is 0.125. The lowest BCUT2D eigenvalue weighted by molar-refractivity contribution is 0.0604. The fourth-order valence-electron chi connectivity index (χ4n) is 1.82. The van der Waals surface area contributed by atoms with Gasteiger partial charge in [-0.05, 0) is 37.5 Å². The molecule has 1 fully saturated rings. The average molecular weight is 247 g/mol. The molecule has 0 spiro atoms. The Morgan fingerprint density at radius 1 is 1.13 bits per heavy atom. The quantitative estimate of drug-likeness (QED) is 0.868. The smallest absolute Gasteiger partial charge is 0.124 e. The lowest BCUT2D eigenvalue weighted by atomic mass is 10.2. The van der Waals surface area contributed by atoms with E-state index in [2.05, 4.69) is 0 Å². The zero-order valence-corrected chi connectivity index (χ0v) is 9.63. The Hall–Kier alpha value is -0.440. The minimum atomic E-state index is -0.372. The van der Waals surface area contributed by atoms with Crippen LogP contribution >= 0.6 is 23.2 Å². The number of benzene rings is 1. The Kier molecular flexibility index (Phi) is 3.39. The van der Waals surface area contributed by atoms with Gasteiger partial charge in [0.25, 0.3) is 0 Å². The predicted molar refractivity (Wildman–Crippen MR) is 60.7 cm³/mol. The van der Waals surface area contributed by atoms with Crippen molar-refractivity contribution in [3.63, 3.8) is 0 Å². The summed E-state index contributed by atoms with van der Waals surface area (Å²) in [5.74, 6) is 0.624. The maximum Gasteiger partial charge on any atom is 0.124 e. The van der Waals surface area contributed by atoms with E-state index in [4.69, 9.17) is 27.9 Å². The van der Waals surface area contributed by atoms with Crippen LogP contribution in [0.5, 0.6) is 5.75 Å². The number of aliphatic hydroxyl groups is 1. The molecule has 1 saturated carbocycles. The molecule has 2 rings (SSSR count). The number of rotatable bonds is 2. The highest BCUT2D eigenvalue weighted by atomic mass is 35.5. The van der Waals surface area contributed by atoms with Crippen LogP contribution in [-0.4, -0.2) is 17.3 Å². The molecule has 2 unspecified atom stereocenters. The molecule has 15 heavy (non-hydrogen) atoms. The Morgan fingerprint density at radius 3 is 2.33 bits per heavy atom. The van der Waals surface area contributed by atoms with E-state index in [-0.39, 0.29) is 12.2 Å². The van der Waals surface area contributed by atoms with Crippen LogP contribution in [0.15, 0.2) is 18.2 Å². The normalized spacial score (nSPS) is 25.5. The van der Waals surface area contributed by atoms with Crippen LogP contribution in [0.3, 0.4) is 0 Å². The van der Waals surface area contributed by atoms with Gasteiger partial charge >= 0.3 is 0 Å². The molecule has 0 aliphatic heterocycles. The van der Waals surface area contributed by atoms with E-state index in [1.54, 1.807) is 18.2 Å². The van der Waals surface area contributed by atoms with Crippen molar-refractivity contribution in [3.05, 3.63) is 28.2 Å². The molecule has 0 radical (unpaired) electrons. The van der Waals surface area contributed by atoms with Gasteiger partial charge in [-0.15, -0.1) is 0 Å². The summed E-state index contributed by atoms with van der Waals surface area (Å²) in [5.41, 5.74) is 0. The molecular weight excluding hydrogens is 235 g/mol. The fourth-order valence-corrected chi connectivity index (χ4v) is 2.32. The molecule has 4 heteroatoms. The first-order chi connectivity index (χ1) is 7.15. The standard InChI is InChI=1S/C11H12Cl2O2/c12-7-4-8(13)6-9(5-7)15-11-3-1-2-10(11)14/h4-6,10-11,14H,1-3H2. The van der Waals surface area contributed by atoms with Crippen LogP contribution in [0, 0.1) is 0 Å². The summed E-state index contributed by atoms with van der Waals surface area (Å²) in [6.45, 7) is 0. The second-order valence-corrected chi connectivity index (χ2v) is 4.63. The molecule has 82 valence electrons. The molecule has 0 bridgehead atoms. The van der Waals surface area contributed by atoms with Crippen LogP contribution < -0.4 is 4.74 Å². The van der Waals surface area contributed by atoms with E-state index in [1.807, 2.05) is 0 Å². The molecule has 2 nitrogen and oxygen atoms in total. The summed E-state index contributed by atoms with van der Waals surface area (Å²) < 4.78 is 5.63. The van der Waals surface area contributed by atoms with Crippen molar-refractivity contribution in [2.45, 2.75) is 31.5 Å². The molecule has 0 aromatic heterocycles. The van der Waals surface area contributed by atoms with Crippen molar-refractivity contribution in [2.75, 3.05) is 0 Å². The van der Waals surface area contributed by atoms with Crippen LogP contribution in [0.4, 0.5) is 0 Å². The molecule has 2 atom stereocenters. The van der Waals surface area contributed by atoms with Crippen molar-refractivity contribution in [3.8, 4) is 5.75 Å². The molecule has 1 aromatic rings. The van der Waals surface area contributed by atoms with Crippen molar-refractivity contribution in [2.24, 2.45) is 0 Å². The maximum absolute atomic E-state index is 9.60. The van der Waals surface area contributed by atoms with Crippen molar-refractivity contribution >= 4 is 23.2 Å². The Balaban J connectivity index is 2.10. The second kappa shape index (κ2) is 4.60. The summed E-state index contributed by atoms with van der Waals surface area (Å²) in [6, 6.07) is 5.07. The van der Waals surface area contributed by atoms with E-state index in [1.165, 1.54) is 0 Å². The maximum atomic E-state index is 9.60. The number of ether oxygens (including phenoxy) is 1. The van der Waals surface area contributed by atoms with Gasteiger partial charge in [0.1, 0.15) is 11.9 Å². The minimum Gasteiger partial charge on any atom is -0.488 e. The second-order valence-electron chi connectivity index (χ2n) is 3.76. The molecule has 1 N–H and O–H groups in total. The van der Waals surface area contributed by atoms with Gasteiger partial charge in [-0.25, -0.2) is 0 Å². The third-order valence-electron chi connectivity index (χ3n) is 2.54. The SMILES string of the molecule is OC1CCCC1Oc1cc(Cl)cc(Cl)c1. The van der Waals surface area contributed by atoms with Crippen LogP contribution in [0.1, 0.15) is 19.3 Å². The third-order valence-corrected chi connectivity index (χ3v) is 2.98. The molecule has 0 amide bonds. The van der Waals surface area contributed by atoms with Gasteiger partial charge in [-0.3, -0.25) is 0 Å². The van der Waals surface area contributed by atoms with E-state index < -0.39 is 0 Å².